The van der Waals surface area contributed by atoms with E-state index in [0.717, 1.165) is 22.3 Å². The van der Waals surface area contributed by atoms with Gasteiger partial charge in [0.2, 0.25) is 0 Å². The molecule has 0 aliphatic carbocycles. The van der Waals surface area contributed by atoms with E-state index in [1.54, 1.807) is 4.68 Å². The molecule has 1 aromatic carbocycles. The van der Waals surface area contributed by atoms with Crippen molar-refractivity contribution in [2.45, 2.75) is 6.54 Å². The van der Waals surface area contributed by atoms with E-state index in [4.69, 9.17) is 5.26 Å². The van der Waals surface area contributed by atoms with Crippen molar-refractivity contribution in [3.05, 3.63) is 46.2 Å². The first-order valence-corrected chi connectivity index (χ1v) is 6.28. The molecule has 0 bridgehead atoms. The Hall–Kier alpha value is -1.80. The second-order valence-corrected chi connectivity index (χ2v) is 5.07. The van der Waals surface area contributed by atoms with Gasteiger partial charge in [0.1, 0.15) is 6.07 Å². The minimum Gasteiger partial charge on any atom is -0.369 e. The van der Waals surface area contributed by atoms with Gasteiger partial charge in [-0.15, -0.1) is 0 Å². The first-order valence-electron chi connectivity index (χ1n) is 5.48. The predicted octanol–water partition coefficient (Wildman–Crippen LogP) is 2.69. The normalized spacial score (nSPS) is 10.1. The van der Waals surface area contributed by atoms with E-state index in [9.17, 15) is 0 Å². The lowest BCUT2D eigenvalue weighted by Crippen LogP contribution is -2.17. The first kappa shape index (κ1) is 12.7. The first-order chi connectivity index (χ1) is 8.60. The summed E-state index contributed by atoms with van der Waals surface area (Å²) in [5, 5.41) is 13.3. The van der Waals surface area contributed by atoms with Crippen LogP contribution in [0.3, 0.4) is 0 Å². The average Bonchev–Trinajstić information content (AvgIpc) is 2.74. The van der Waals surface area contributed by atoms with Gasteiger partial charge in [0.05, 0.1) is 17.4 Å². The van der Waals surface area contributed by atoms with Crippen LogP contribution in [0.25, 0.3) is 0 Å². The monoisotopic (exact) mass is 304 g/mol. The fourth-order valence-electron chi connectivity index (χ4n) is 1.83. The summed E-state index contributed by atoms with van der Waals surface area (Å²) in [6.07, 6.45) is 3.81. The van der Waals surface area contributed by atoms with E-state index in [-0.39, 0.29) is 0 Å². The molecule has 92 valence electrons. The molecule has 0 amide bonds. The minimum absolute atomic E-state index is 0.671. The molecule has 0 radical (unpaired) electrons. The molecule has 5 heteroatoms. The number of hydrogen-bond acceptors (Lipinski definition) is 3. The highest BCUT2D eigenvalue weighted by atomic mass is 79.9. The van der Waals surface area contributed by atoms with Gasteiger partial charge in [0, 0.05) is 36.9 Å². The van der Waals surface area contributed by atoms with Gasteiger partial charge in [-0.3, -0.25) is 4.68 Å². The second kappa shape index (κ2) is 5.23. The van der Waals surface area contributed by atoms with Crippen molar-refractivity contribution in [2.75, 3.05) is 11.9 Å². The van der Waals surface area contributed by atoms with Crippen LogP contribution >= 0.6 is 15.9 Å². The summed E-state index contributed by atoms with van der Waals surface area (Å²) < 4.78 is 2.74. The van der Waals surface area contributed by atoms with E-state index in [1.807, 2.05) is 49.6 Å². The summed E-state index contributed by atoms with van der Waals surface area (Å²) >= 11 is 3.43. The lowest BCUT2D eigenvalue weighted by molar-refractivity contribution is 0.766. The van der Waals surface area contributed by atoms with Crippen LogP contribution in [0.1, 0.15) is 11.1 Å². The highest BCUT2D eigenvalue weighted by molar-refractivity contribution is 9.10. The fourth-order valence-corrected chi connectivity index (χ4v) is 2.18. The maximum atomic E-state index is 9.12. The highest BCUT2D eigenvalue weighted by Gasteiger charge is 2.09. The molecule has 2 aromatic rings. The van der Waals surface area contributed by atoms with Gasteiger partial charge in [-0.2, -0.15) is 10.4 Å². The molecule has 18 heavy (non-hydrogen) atoms. The maximum Gasteiger partial charge on any atom is 0.101 e. The Balaban J connectivity index is 2.26. The topological polar surface area (TPSA) is 44.9 Å². The van der Waals surface area contributed by atoms with Crippen LogP contribution in [0, 0.1) is 11.3 Å². The molecule has 0 aliphatic rings. The van der Waals surface area contributed by atoms with Crippen molar-refractivity contribution in [3.63, 3.8) is 0 Å². The third-order valence-electron chi connectivity index (χ3n) is 2.67. The van der Waals surface area contributed by atoms with Crippen molar-refractivity contribution in [3.8, 4) is 6.07 Å². The molecule has 4 nitrogen and oxygen atoms in total. The molecular formula is C13H13BrN4. The van der Waals surface area contributed by atoms with Gasteiger partial charge in [-0.25, -0.2) is 0 Å². The van der Waals surface area contributed by atoms with E-state index >= 15 is 0 Å². The molecule has 0 saturated heterocycles. The Morgan fingerprint density at radius 1 is 1.50 bits per heavy atom. The van der Waals surface area contributed by atoms with Gasteiger partial charge in [-0.05, 0) is 18.2 Å². The largest absolute Gasteiger partial charge is 0.369 e. The maximum absolute atomic E-state index is 9.12. The van der Waals surface area contributed by atoms with Gasteiger partial charge < -0.3 is 4.90 Å². The van der Waals surface area contributed by atoms with Crippen LogP contribution in [0.15, 0.2) is 35.1 Å². The number of rotatable bonds is 3. The van der Waals surface area contributed by atoms with Gasteiger partial charge >= 0.3 is 0 Å². The van der Waals surface area contributed by atoms with Crippen LogP contribution < -0.4 is 4.90 Å². The van der Waals surface area contributed by atoms with Crippen molar-refractivity contribution in [1.82, 2.24) is 9.78 Å². The number of anilines is 1. The highest BCUT2D eigenvalue weighted by Crippen LogP contribution is 2.24. The third-order valence-corrected chi connectivity index (χ3v) is 3.16. The number of nitriles is 1. The van der Waals surface area contributed by atoms with Gasteiger partial charge in [0.25, 0.3) is 0 Å². The van der Waals surface area contributed by atoms with Crippen molar-refractivity contribution >= 4 is 21.6 Å². The van der Waals surface area contributed by atoms with E-state index in [0.29, 0.717) is 5.56 Å². The summed E-state index contributed by atoms with van der Waals surface area (Å²) in [7, 11) is 3.86. The Morgan fingerprint density at radius 2 is 2.28 bits per heavy atom. The van der Waals surface area contributed by atoms with Crippen LogP contribution in [0.4, 0.5) is 5.69 Å². The lowest BCUT2D eigenvalue weighted by Gasteiger charge is -2.20. The number of aromatic nitrogens is 2. The smallest absolute Gasteiger partial charge is 0.101 e. The Morgan fingerprint density at radius 3 is 2.89 bits per heavy atom. The molecule has 0 atom stereocenters. The molecule has 0 fully saturated rings. The molecule has 0 spiro atoms. The summed E-state index contributed by atoms with van der Waals surface area (Å²) in [4.78, 5) is 2.04. The zero-order valence-electron chi connectivity index (χ0n) is 10.3. The molecule has 0 unspecified atom stereocenters. The number of nitrogens with zero attached hydrogens (tertiary/aromatic N) is 4. The minimum atomic E-state index is 0.671. The molecule has 1 aromatic heterocycles. The number of hydrogen-bond donors (Lipinski definition) is 0. The SMILES string of the molecule is CN(Cc1cnn(C)c1)c1cc(Br)ccc1C#N. The molecule has 1 heterocycles. The number of aryl methyl sites for hydroxylation is 1. The molecular weight excluding hydrogens is 292 g/mol. The van der Waals surface area contributed by atoms with Crippen molar-refractivity contribution < 1.29 is 0 Å². The van der Waals surface area contributed by atoms with Gasteiger partial charge in [-0.1, -0.05) is 15.9 Å². The summed E-state index contributed by atoms with van der Waals surface area (Å²) in [5.74, 6) is 0. The zero-order valence-corrected chi connectivity index (χ0v) is 11.8. The van der Waals surface area contributed by atoms with Crippen LogP contribution in [-0.2, 0) is 13.6 Å². The van der Waals surface area contributed by atoms with E-state index in [1.165, 1.54) is 0 Å². The summed E-state index contributed by atoms with van der Waals surface area (Å²) in [6.45, 7) is 0.721. The fraction of sp³-hybridized carbons (Fsp3) is 0.231. The van der Waals surface area contributed by atoms with E-state index < -0.39 is 0 Å². The van der Waals surface area contributed by atoms with Crippen LogP contribution in [0.2, 0.25) is 0 Å². The Kier molecular flexibility index (Phi) is 3.68. The van der Waals surface area contributed by atoms with Crippen LogP contribution in [0.5, 0.6) is 0 Å². The number of benzene rings is 1. The predicted molar refractivity (Wildman–Crippen MR) is 74.2 cm³/mol. The Bertz CT molecular complexity index is 597. The average molecular weight is 305 g/mol. The van der Waals surface area contributed by atoms with Crippen molar-refractivity contribution in [2.24, 2.45) is 7.05 Å². The lowest BCUT2D eigenvalue weighted by atomic mass is 10.1. The summed E-state index contributed by atoms with van der Waals surface area (Å²) in [5.41, 5.74) is 2.70. The van der Waals surface area contributed by atoms with E-state index in [2.05, 4.69) is 27.1 Å². The Labute approximate surface area is 115 Å². The quantitative estimate of drug-likeness (QED) is 0.876. The summed E-state index contributed by atoms with van der Waals surface area (Å²) in [6, 6.07) is 7.86. The second-order valence-electron chi connectivity index (χ2n) is 4.15. The molecule has 0 N–H and O–H groups in total. The van der Waals surface area contributed by atoms with Gasteiger partial charge in [0.15, 0.2) is 0 Å². The number of halogens is 1. The standard InChI is InChI=1S/C13H13BrN4/c1-17(8-10-7-16-18(2)9-10)13-5-12(14)4-3-11(13)6-15/h3-5,7,9H,8H2,1-2H3. The molecule has 0 aliphatic heterocycles. The third kappa shape index (κ3) is 2.71. The zero-order chi connectivity index (χ0) is 13.1. The van der Waals surface area contributed by atoms with Crippen LogP contribution in [-0.4, -0.2) is 16.8 Å². The molecule has 2 rings (SSSR count). The molecule has 0 saturated carbocycles. The van der Waals surface area contributed by atoms with Crippen molar-refractivity contribution in [1.29, 1.82) is 5.26 Å².